The van der Waals surface area contributed by atoms with Crippen molar-refractivity contribution in [2.24, 2.45) is 5.92 Å². The molecule has 0 radical (unpaired) electrons. The summed E-state index contributed by atoms with van der Waals surface area (Å²) >= 11 is 0. The lowest BCUT2D eigenvalue weighted by molar-refractivity contribution is 0.00558. The number of aromatic nitrogens is 1. The predicted octanol–water partition coefficient (Wildman–Crippen LogP) is 2.04. The van der Waals surface area contributed by atoms with Gasteiger partial charge >= 0.3 is 0 Å². The Balaban J connectivity index is 2.03. The molecule has 0 saturated heterocycles. The van der Waals surface area contributed by atoms with Crippen molar-refractivity contribution in [3.8, 4) is 0 Å². The number of aliphatic hydroxyl groups is 2. The topological polar surface area (TPSA) is 53.4 Å². The van der Waals surface area contributed by atoms with E-state index in [0.717, 1.165) is 29.3 Å². The Kier molecular flexibility index (Phi) is 2.57. The van der Waals surface area contributed by atoms with Gasteiger partial charge in [0.25, 0.3) is 0 Å². The molecule has 1 aromatic heterocycles. The number of pyridine rings is 1. The zero-order valence-electron chi connectivity index (χ0n) is 9.45. The minimum absolute atomic E-state index is 0.254. The standard InChI is InChI=1S/C14H15NO2/c16-13(10-6-7-10)14(17)11-5-1-3-9-4-2-8-15-12(9)11/h1-5,8,10,13-14,16-17H,6-7H2. The molecule has 88 valence electrons. The largest absolute Gasteiger partial charge is 0.390 e. The molecule has 1 aromatic carbocycles. The zero-order valence-corrected chi connectivity index (χ0v) is 9.45. The van der Waals surface area contributed by atoms with Crippen molar-refractivity contribution in [1.29, 1.82) is 0 Å². The summed E-state index contributed by atoms with van der Waals surface area (Å²) in [6.07, 6.45) is 2.23. The Morgan fingerprint density at radius 1 is 1.12 bits per heavy atom. The van der Waals surface area contributed by atoms with E-state index in [4.69, 9.17) is 0 Å². The van der Waals surface area contributed by atoms with Crippen LogP contribution in [0.2, 0.25) is 0 Å². The summed E-state index contributed by atoms with van der Waals surface area (Å²) in [5.41, 5.74) is 1.50. The zero-order chi connectivity index (χ0) is 11.8. The van der Waals surface area contributed by atoms with Crippen molar-refractivity contribution >= 4 is 10.9 Å². The monoisotopic (exact) mass is 229 g/mol. The molecule has 3 heteroatoms. The number of rotatable bonds is 3. The third kappa shape index (κ3) is 1.92. The maximum Gasteiger partial charge on any atom is 0.107 e. The molecule has 1 fully saturated rings. The van der Waals surface area contributed by atoms with Crippen LogP contribution in [0.25, 0.3) is 10.9 Å². The van der Waals surface area contributed by atoms with Gasteiger partial charge in [-0.3, -0.25) is 4.98 Å². The van der Waals surface area contributed by atoms with Gasteiger partial charge in [0.05, 0.1) is 11.6 Å². The van der Waals surface area contributed by atoms with E-state index in [-0.39, 0.29) is 5.92 Å². The molecular formula is C14H15NO2. The van der Waals surface area contributed by atoms with Gasteiger partial charge in [-0.1, -0.05) is 24.3 Å². The SMILES string of the molecule is OC(c1cccc2cccnc12)C(O)C1CC1. The summed E-state index contributed by atoms with van der Waals surface area (Å²) in [7, 11) is 0. The summed E-state index contributed by atoms with van der Waals surface area (Å²) in [6.45, 7) is 0. The molecular weight excluding hydrogens is 214 g/mol. The van der Waals surface area contributed by atoms with Crippen LogP contribution < -0.4 is 0 Å². The quantitative estimate of drug-likeness (QED) is 0.846. The van der Waals surface area contributed by atoms with Crippen LogP contribution in [-0.4, -0.2) is 21.3 Å². The fraction of sp³-hybridized carbons (Fsp3) is 0.357. The van der Waals surface area contributed by atoms with Gasteiger partial charge in [0.2, 0.25) is 0 Å². The van der Waals surface area contributed by atoms with Crippen molar-refractivity contribution in [2.45, 2.75) is 25.0 Å². The minimum atomic E-state index is -0.832. The van der Waals surface area contributed by atoms with Crippen LogP contribution in [0, 0.1) is 5.92 Å². The lowest BCUT2D eigenvalue weighted by Crippen LogP contribution is -2.20. The first-order chi connectivity index (χ1) is 8.27. The first-order valence-corrected chi connectivity index (χ1v) is 5.97. The van der Waals surface area contributed by atoms with Gasteiger partial charge in [0, 0.05) is 17.1 Å². The van der Waals surface area contributed by atoms with Gasteiger partial charge in [-0.25, -0.2) is 0 Å². The molecule has 2 aromatic rings. The normalized spacial score (nSPS) is 19.2. The highest BCUT2D eigenvalue weighted by Gasteiger charge is 2.35. The lowest BCUT2D eigenvalue weighted by atomic mass is 9.98. The number of aliphatic hydroxyl groups excluding tert-OH is 2. The van der Waals surface area contributed by atoms with Crippen LogP contribution in [0.1, 0.15) is 24.5 Å². The molecule has 2 N–H and O–H groups in total. The molecule has 2 unspecified atom stereocenters. The number of fused-ring (bicyclic) bond motifs is 1. The van der Waals surface area contributed by atoms with Crippen LogP contribution in [0.4, 0.5) is 0 Å². The van der Waals surface area contributed by atoms with Crippen molar-refractivity contribution in [2.75, 3.05) is 0 Å². The number of para-hydroxylation sites is 1. The van der Waals surface area contributed by atoms with Crippen molar-refractivity contribution < 1.29 is 10.2 Å². The van der Waals surface area contributed by atoms with Crippen molar-refractivity contribution in [1.82, 2.24) is 4.98 Å². The van der Waals surface area contributed by atoms with Gasteiger partial charge in [0.1, 0.15) is 6.10 Å². The second-order valence-corrected chi connectivity index (χ2v) is 4.70. The lowest BCUT2D eigenvalue weighted by Gasteiger charge is -2.18. The molecule has 0 spiro atoms. The number of hydrogen-bond donors (Lipinski definition) is 2. The molecule has 1 heterocycles. The van der Waals surface area contributed by atoms with Crippen LogP contribution in [-0.2, 0) is 0 Å². The van der Waals surface area contributed by atoms with E-state index in [1.807, 2.05) is 30.3 Å². The molecule has 0 aliphatic heterocycles. The second kappa shape index (κ2) is 4.09. The van der Waals surface area contributed by atoms with Gasteiger partial charge < -0.3 is 10.2 Å². The van der Waals surface area contributed by atoms with E-state index in [0.29, 0.717) is 0 Å². The maximum absolute atomic E-state index is 10.2. The molecule has 1 aliphatic carbocycles. The van der Waals surface area contributed by atoms with Crippen LogP contribution in [0.15, 0.2) is 36.5 Å². The molecule has 1 saturated carbocycles. The first-order valence-electron chi connectivity index (χ1n) is 5.97. The third-order valence-electron chi connectivity index (χ3n) is 3.41. The van der Waals surface area contributed by atoms with Crippen LogP contribution in [0.5, 0.6) is 0 Å². The summed E-state index contributed by atoms with van der Waals surface area (Å²) in [5, 5.41) is 21.2. The predicted molar refractivity (Wildman–Crippen MR) is 65.4 cm³/mol. The Labute approximate surface area is 99.7 Å². The Morgan fingerprint density at radius 2 is 1.88 bits per heavy atom. The Hall–Kier alpha value is -1.45. The smallest absolute Gasteiger partial charge is 0.107 e. The second-order valence-electron chi connectivity index (χ2n) is 4.70. The third-order valence-corrected chi connectivity index (χ3v) is 3.41. The average molecular weight is 229 g/mol. The van der Waals surface area contributed by atoms with Crippen LogP contribution >= 0.6 is 0 Å². The van der Waals surface area contributed by atoms with Crippen LogP contribution in [0.3, 0.4) is 0 Å². The van der Waals surface area contributed by atoms with Gasteiger partial charge in [-0.15, -0.1) is 0 Å². The fourth-order valence-electron chi connectivity index (χ4n) is 2.25. The summed E-state index contributed by atoms with van der Waals surface area (Å²) in [4.78, 5) is 4.29. The van der Waals surface area contributed by atoms with E-state index in [1.165, 1.54) is 0 Å². The van der Waals surface area contributed by atoms with Gasteiger partial charge in [-0.05, 0) is 24.8 Å². The fourth-order valence-corrected chi connectivity index (χ4v) is 2.25. The highest BCUT2D eigenvalue weighted by Crippen LogP contribution is 2.39. The highest BCUT2D eigenvalue weighted by atomic mass is 16.3. The summed E-state index contributed by atoms with van der Waals surface area (Å²) < 4.78 is 0. The van der Waals surface area contributed by atoms with Crippen molar-refractivity contribution in [3.63, 3.8) is 0 Å². The van der Waals surface area contributed by atoms with E-state index in [1.54, 1.807) is 6.20 Å². The summed E-state index contributed by atoms with van der Waals surface area (Å²) in [5.74, 6) is 0.254. The number of benzene rings is 1. The average Bonchev–Trinajstić information content (AvgIpc) is 3.20. The van der Waals surface area contributed by atoms with Crippen molar-refractivity contribution in [3.05, 3.63) is 42.1 Å². The number of hydrogen-bond acceptors (Lipinski definition) is 3. The van der Waals surface area contributed by atoms with E-state index in [9.17, 15) is 10.2 Å². The molecule has 2 atom stereocenters. The molecule has 0 bridgehead atoms. The van der Waals surface area contributed by atoms with Gasteiger partial charge in [0.15, 0.2) is 0 Å². The van der Waals surface area contributed by atoms with E-state index >= 15 is 0 Å². The molecule has 17 heavy (non-hydrogen) atoms. The molecule has 1 aliphatic rings. The highest BCUT2D eigenvalue weighted by molar-refractivity contribution is 5.81. The maximum atomic E-state index is 10.2. The Bertz CT molecular complexity index is 531. The van der Waals surface area contributed by atoms with Gasteiger partial charge in [-0.2, -0.15) is 0 Å². The minimum Gasteiger partial charge on any atom is -0.390 e. The van der Waals surface area contributed by atoms with E-state index in [2.05, 4.69) is 4.98 Å². The van der Waals surface area contributed by atoms with E-state index < -0.39 is 12.2 Å². The Morgan fingerprint density at radius 3 is 2.65 bits per heavy atom. The number of nitrogens with zero attached hydrogens (tertiary/aromatic N) is 1. The first kappa shape index (κ1) is 10.7. The molecule has 3 nitrogen and oxygen atoms in total. The molecule has 3 rings (SSSR count). The molecule has 0 amide bonds. The summed E-state index contributed by atoms with van der Waals surface area (Å²) in [6, 6.07) is 9.52.